The van der Waals surface area contributed by atoms with Crippen LogP contribution in [0.5, 0.6) is 0 Å². The Morgan fingerprint density at radius 3 is 2.67 bits per heavy atom. The van der Waals surface area contributed by atoms with Crippen molar-refractivity contribution in [3.8, 4) is 0 Å². The summed E-state index contributed by atoms with van der Waals surface area (Å²) in [7, 11) is 0. The summed E-state index contributed by atoms with van der Waals surface area (Å²) in [5.74, 6) is 1.11. The van der Waals surface area contributed by atoms with Crippen molar-refractivity contribution in [3.05, 3.63) is 0 Å². The predicted octanol–water partition coefficient (Wildman–Crippen LogP) is 2.54. The highest BCUT2D eigenvalue weighted by molar-refractivity contribution is 5.87. The Hall–Kier alpha value is -0.370. The van der Waals surface area contributed by atoms with E-state index < -0.39 is 11.0 Å². The number of fused-ring (bicyclic) bond motifs is 1. The van der Waals surface area contributed by atoms with Gasteiger partial charge in [-0.15, -0.1) is 0 Å². The van der Waals surface area contributed by atoms with Crippen molar-refractivity contribution in [2.45, 2.75) is 58.5 Å². The smallest absolute Gasteiger partial charge is 0.141 e. The molecule has 0 bridgehead atoms. The summed E-state index contributed by atoms with van der Waals surface area (Å²) in [6.07, 6.45) is 4.27. The molecule has 2 saturated carbocycles. The van der Waals surface area contributed by atoms with E-state index in [4.69, 9.17) is 0 Å². The van der Waals surface area contributed by atoms with Gasteiger partial charge in [0, 0.05) is 6.42 Å². The number of carbonyl (C=O) groups excluding carboxylic acids is 1. The lowest BCUT2D eigenvalue weighted by Crippen LogP contribution is -2.61. The monoisotopic (exact) mass is 210 g/mol. The molecule has 0 spiro atoms. The molecule has 0 radical (unpaired) electrons. The highest BCUT2D eigenvalue weighted by Gasteiger charge is 2.58. The highest BCUT2D eigenvalue weighted by Crippen LogP contribution is 2.54. The van der Waals surface area contributed by atoms with Crippen molar-refractivity contribution < 1.29 is 9.90 Å². The summed E-state index contributed by atoms with van der Waals surface area (Å²) in [6, 6.07) is 0. The van der Waals surface area contributed by atoms with E-state index in [1.165, 1.54) is 0 Å². The number of ketones is 1. The van der Waals surface area contributed by atoms with Gasteiger partial charge >= 0.3 is 0 Å². The van der Waals surface area contributed by atoms with Crippen LogP contribution >= 0.6 is 0 Å². The molecule has 2 heteroatoms. The van der Waals surface area contributed by atoms with E-state index in [0.717, 1.165) is 25.7 Å². The minimum atomic E-state index is -0.736. The quantitative estimate of drug-likeness (QED) is 0.667. The third kappa shape index (κ3) is 1.37. The first-order chi connectivity index (χ1) is 6.90. The van der Waals surface area contributed by atoms with E-state index in [0.29, 0.717) is 12.3 Å². The van der Waals surface area contributed by atoms with Gasteiger partial charge in [0.2, 0.25) is 0 Å². The molecule has 0 aromatic heterocycles. The summed E-state index contributed by atoms with van der Waals surface area (Å²) >= 11 is 0. The van der Waals surface area contributed by atoms with Gasteiger partial charge < -0.3 is 5.11 Å². The molecule has 2 rings (SSSR count). The maximum Gasteiger partial charge on any atom is 0.141 e. The number of hydrogen-bond acceptors (Lipinski definition) is 2. The fraction of sp³-hybridized carbons (Fsp3) is 0.923. The molecule has 2 nitrogen and oxygen atoms in total. The first-order valence-electron chi connectivity index (χ1n) is 6.16. The van der Waals surface area contributed by atoms with Gasteiger partial charge in [0.15, 0.2) is 0 Å². The highest BCUT2D eigenvalue weighted by atomic mass is 16.3. The molecule has 1 N–H and O–H groups in total. The largest absolute Gasteiger partial charge is 0.389 e. The van der Waals surface area contributed by atoms with Gasteiger partial charge in [-0.3, -0.25) is 4.79 Å². The molecule has 0 aromatic carbocycles. The van der Waals surface area contributed by atoms with Gasteiger partial charge in [0.1, 0.15) is 5.78 Å². The zero-order chi connectivity index (χ0) is 11.3. The maximum absolute atomic E-state index is 12.0. The van der Waals surface area contributed by atoms with Crippen molar-refractivity contribution in [2.24, 2.45) is 17.3 Å². The number of Topliss-reactive ketones (excluding diaryl/α,β-unsaturated/α-hetero) is 1. The molecular formula is C13H22O2. The number of rotatable bonds is 0. The van der Waals surface area contributed by atoms with E-state index in [1.807, 2.05) is 6.92 Å². The summed E-state index contributed by atoms with van der Waals surface area (Å²) in [6.45, 7) is 6.27. The molecule has 2 aliphatic rings. The van der Waals surface area contributed by atoms with E-state index in [2.05, 4.69) is 13.8 Å². The van der Waals surface area contributed by atoms with Gasteiger partial charge in [-0.25, -0.2) is 0 Å². The van der Waals surface area contributed by atoms with Crippen LogP contribution in [0.3, 0.4) is 0 Å². The van der Waals surface area contributed by atoms with Crippen molar-refractivity contribution in [2.75, 3.05) is 0 Å². The first-order valence-corrected chi connectivity index (χ1v) is 6.16. The molecule has 2 fully saturated rings. The van der Waals surface area contributed by atoms with E-state index in [9.17, 15) is 9.90 Å². The van der Waals surface area contributed by atoms with Crippen LogP contribution in [0.4, 0.5) is 0 Å². The van der Waals surface area contributed by atoms with Crippen molar-refractivity contribution in [1.29, 1.82) is 0 Å². The number of aliphatic hydroxyl groups is 1. The Morgan fingerprint density at radius 1 is 1.33 bits per heavy atom. The third-order valence-electron chi connectivity index (χ3n) is 4.99. The van der Waals surface area contributed by atoms with Crippen LogP contribution in [-0.4, -0.2) is 16.5 Å². The zero-order valence-electron chi connectivity index (χ0n) is 10.0. The molecule has 2 aliphatic carbocycles. The van der Waals surface area contributed by atoms with Gasteiger partial charge in [0.25, 0.3) is 0 Å². The van der Waals surface area contributed by atoms with Gasteiger partial charge in [0.05, 0.1) is 11.0 Å². The number of hydrogen-bond donors (Lipinski definition) is 1. The topological polar surface area (TPSA) is 37.3 Å². The van der Waals surface area contributed by atoms with Crippen molar-refractivity contribution >= 4 is 5.78 Å². The van der Waals surface area contributed by atoms with Gasteiger partial charge in [-0.05, 0) is 44.4 Å². The van der Waals surface area contributed by atoms with Crippen LogP contribution in [0.15, 0.2) is 0 Å². The lowest BCUT2D eigenvalue weighted by Gasteiger charge is -2.55. The molecule has 4 atom stereocenters. The Labute approximate surface area is 92.1 Å². The summed E-state index contributed by atoms with van der Waals surface area (Å²) in [5.41, 5.74) is -1.20. The van der Waals surface area contributed by atoms with E-state index >= 15 is 0 Å². The SMILES string of the molecule is C[C@@H]1CC[C@@]2(C)C(=O)CC[C@H](C)[C@]2(O)C1. The second kappa shape index (κ2) is 3.31. The summed E-state index contributed by atoms with van der Waals surface area (Å²) in [5, 5.41) is 10.8. The lowest BCUT2D eigenvalue weighted by molar-refractivity contribution is -0.184. The van der Waals surface area contributed by atoms with E-state index in [-0.39, 0.29) is 11.7 Å². The molecule has 0 aromatic rings. The fourth-order valence-corrected chi connectivity index (χ4v) is 3.60. The Morgan fingerprint density at radius 2 is 2.00 bits per heavy atom. The summed E-state index contributed by atoms with van der Waals surface area (Å²) < 4.78 is 0. The van der Waals surface area contributed by atoms with Crippen LogP contribution in [0.2, 0.25) is 0 Å². The van der Waals surface area contributed by atoms with Gasteiger partial charge in [-0.2, -0.15) is 0 Å². The second-order valence-corrected chi connectivity index (χ2v) is 5.97. The molecule has 0 heterocycles. The average molecular weight is 210 g/mol. The maximum atomic E-state index is 12.0. The van der Waals surface area contributed by atoms with Gasteiger partial charge in [-0.1, -0.05) is 13.8 Å². The fourth-order valence-electron chi connectivity index (χ4n) is 3.60. The van der Waals surface area contributed by atoms with Crippen LogP contribution in [0.25, 0.3) is 0 Å². The van der Waals surface area contributed by atoms with Crippen molar-refractivity contribution in [3.63, 3.8) is 0 Å². The molecule has 0 saturated heterocycles. The number of carbonyl (C=O) groups is 1. The Bertz CT molecular complexity index is 286. The van der Waals surface area contributed by atoms with Crippen LogP contribution < -0.4 is 0 Å². The molecular weight excluding hydrogens is 188 g/mol. The Kier molecular flexibility index (Phi) is 2.45. The predicted molar refractivity (Wildman–Crippen MR) is 59.5 cm³/mol. The molecule has 86 valence electrons. The van der Waals surface area contributed by atoms with E-state index in [1.54, 1.807) is 0 Å². The minimum Gasteiger partial charge on any atom is -0.389 e. The first kappa shape index (κ1) is 11.1. The van der Waals surface area contributed by atoms with Crippen LogP contribution in [-0.2, 0) is 4.79 Å². The average Bonchev–Trinajstić information content (AvgIpc) is 2.18. The van der Waals surface area contributed by atoms with Crippen LogP contribution in [0, 0.1) is 17.3 Å². The third-order valence-corrected chi connectivity index (χ3v) is 4.99. The van der Waals surface area contributed by atoms with Crippen molar-refractivity contribution in [1.82, 2.24) is 0 Å². The lowest BCUT2D eigenvalue weighted by atomic mass is 9.52. The molecule has 0 aliphatic heterocycles. The zero-order valence-corrected chi connectivity index (χ0v) is 10.0. The second-order valence-electron chi connectivity index (χ2n) is 5.97. The standard InChI is InChI=1S/C13H22O2/c1-9-6-7-12(3)11(14)5-4-10(2)13(12,15)8-9/h9-10,15H,4-8H2,1-3H3/t9-,10+,12+,13-/m1/s1. The molecule has 15 heavy (non-hydrogen) atoms. The van der Waals surface area contributed by atoms with Crippen LogP contribution in [0.1, 0.15) is 52.9 Å². The summed E-state index contributed by atoms with van der Waals surface area (Å²) in [4.78, 5) is 12.0. The molecule has 0 amide bonds. The Balaban J connectivity index is 2.38. The molecule has 0 unspecified atom stereocenters. The normalized spacial score (nSPS) is 51.3. The minimum absolute atomic E-state index is 0.267.